The first-order chi connectivity index (χ1) is 6.24. The Hall–Kier alpha value is 0.260. The van der Waals surface area contributed by atoms with Crippen molar-refractivity contribution in [2.24, 2.45) is 0 Å². The Labute approximate surface area is 99.9 Å². The van der Waals surface area contributed by atoms with Gasteiger partial charge in [-0.25, -0.2) is 0 Å². The summed E-state index contributed by atoms with van der Waals surface area (Å²) >= 11 is 6.07. The van der Waals surface area contributed by atoms with Gasteiger partial charge in [0.15, 0.2) is 0 Å². The first-order valence-electron chi connectivity index (χ1n) is 3.94. The second kappa shape index (κ2) is 3.79. The molecular formula is C10H9IS2. The van der Waals surface area contributed by atoms with Gasteiger partial charge in [0.1, 0.15) is 0 Å². The van der Waals surface area contributed by atoms with Crippen molar-refractivity contribution in [3.05, 3.63) is 26.6 Å². The van der Waals surface area contributed by atoms with Crippen molar-refractivity contribution in [2.45, 2.75) is 11.8 Å². The number of hydrogen-bond acceptors (Lipinski definition) is 2. The van der Waals surface area contributed by atoms with E-state index in [2.05, 4.69) is 53.3 Å². The van der Waals surface area contributed by atoms with E-state index in [1.54, 1.807) is 0 Å². The molecule has 1 aromatic carbocycles. The van der Waals surface area contributed by atoms with Crippen molar-refractivity contribution in [3.8, 4) is 0 Å². The molecule has 0 fully saturated rings. The van der Waals surface area contributed by atoms with Gasteiger partial charge in [-0.15, -0.1) is 23.1 Å². The van der Waals surface area contributed by atoms with E-state index >= 15 is 0 Å². The summed E-state index contributed by atoms with van der Waals surface area (Å²) in [4.78, 5) is 1.40. The average molecular weight is 320 g/mol. The van der Waals surface area contributed by atoms with Crippen LogP contribution in [0.4, 0.5) is 0 Å². The van der Waals surface area contributed by atoms with Gasteiger partial charge in [0.25, 0.3) is 0 Å². The maximum atomic E-state index is 2.39. The highest BCUT2D eigenvalue weighted by molar-refractivity contribution is 14.1. The minimum absolute atomic E-state index is 1.36. The zero-order valence-electron chi connectivity index (χ0n) is 7.43. The Morgan fingerprint density at radius 2 is 2.15 bits per heavy atom. The van der Waals surface area contributed by atoms with Crippen LogP contribution in [0.25, 0.3) is 10.1 Å². The highest BCUT2D eigenvalue weighted by Gasteiger charge is 2.06. The van der Waals surface area contributed by atoms with Crippen LogP contribution in [-0.2, 0) is 0 Å². The minimum Gasteiger partial charge on any atom is -0.142 e. The molecule has 0 radical (unpaired) electrons. The van der Waals surface area contributed by atoms with Crippen LogP contribution in [0.2, 0.25) is 0 Å². The van der Waals surface area contributed by atoms with E-state index < -0.39 is 0 Å². The van der Waals surface area contributed by atoms with Gasteiger partial charge in [-0.1, -0.05) is 6.07 Å². The number of benzene rings is 1. The van der Waals surface area contributed by atoms with Crippen LogP contribution in [-0.4, -0.2) is 6.26 Å². The van der Waals surface area contributed by atoms with Gasteiger partial charge in [0.2, 0.25) is 0 Å². The molecule has 0 atom stereocenters. The standard InChI is InChI=1S/C10H9IS2/c1-6-8(11)4-3-7-9(12-2)5-13-10(6)7/h3-5H,1-2H3. The molecule has 2 aromatic rings. The summed E-state index contributed by atoms with van der Waals surface area (Å²) in [5.74, 6) is 0. The van der Waals surface area contributed by atoms with Gasteiger partial charge in [-0.3, -0.25) is 0 Å². The van der Waals surface area contributed by atoms with E-state index in [4.69, 9.17) is 0 Å². The molecule has 0 aliphatic rings. The molecule has 0 nitrogen and oxygen atoms in total. The van der Waals surface area contributed by atoms with E-state index in [1.807, 2.05) is 23.1 Å². The minimum atomic E-state index is 1.36. The number of rotatable bonds is 1. The Morgan fingerprint density at radius 3 is 2.85 bits per heavy atom. The maximum Gasteiger partial charge on any atom is 0.0394 e. The van der Waals surface area contributed by atoms with Crippen LogP contribution >= 0.6 is 45.7 Å². The molecule has 0 amide bonds. The zero-order chi connectivity index (χ0) is 9.42. The Kier molecular flexibility index (Phi) is 2.86. The number of hydrogen-bond donors (Lipinski definition) is 0. The summed E-state index contributed by atoms with van der Waals surface area (Å²) < 4.78 is 2.80. The van der Waals surface area contributed by atoms with E-state index in [0.29, 0.717) is 0 Å². The lowest BCUT2D eigenvalue weighted by Gasteiger charge is -1.99. The van der Waals surface area contributed by atoms with Crippen molar-refractivity contribution < 1.29 is 0 Å². The van der Waals surface area contributed by atoms with Crippen LogP contribution in [0.1, 0.15) is 5.56 Å². The smallest absolute Gasteiger partial charge is 0.0394 e. The van der Waals surface area contributed by atoms with Crippen LogP contribution in [0, 0.1) is 10.5 Å². The molecule has 0 aliphatic carbocycles. The molecule has 0 bridgehead atoms. The predicted octanol–water partition coefficient (Wildman–Crippen LogP) is 4.54. The number of fused-ring (bicyclic) bond motifs is 1. The van der Waals surface area contributed by atoms with Crippen LogP contribution in [0.5, 0.6) is 0 Å². The van der Waals surface area contributed by atoms with Gasteiger partial charge < -0.3 is 0 Å². The van der Waals surface area contributed by atoms with Gasteiger partial charge in [-0.2, -0.15) is 0 Å². The van der Waals surface area contributed by atoms with Crippen molar-refractivity contribution in [2.75, 3.05) is 6.26 Å². The fraction of sp³-hybridized carbons (Fsp3) is 0.200. The van der Waals surface area contributed by atoms with Gasteiger partial charge in [0, 0.05) is 23.9 Å². The van der Waals surface area contributed by atoms with Gasteiger partial charge in [0.05, 0.1) is 0 Å². The summed E-state index contributed by atoms with van der Waals surface area (Å²) in [5, 5.41) is 3.66. The molecule has 0 saturated carbocycles. The van der Waals surface area contributed by atoms with Crippen molar-refractivity contribution in [1.82, 2.24) is 0 Å². The molecule has 0 aliphatic heterocycles. The second-order valence-corrected chi connectivity index (χ2v) is 5.74. The molecule has 1 aromatic heterocycles. The zero-order valence-corrected chi connectivity index (χ0v) is 11.2. The lowest BCUT2D eigenvalue weighted by Crippen LogP contribution is -1.78. The molecule has 0 N–H and O–H groups in total. The first-order valence-corrected chi connectivity index (χ1v) is 7.12. The van der Waals surface area contributed by atoms with Crippen LogP contribution in [0.3, 0.4) is 0 Å². The monoisotopic (exact) mass is 320 g/mol. The Balaban J connectivity index is 2.81. The molecule has 1 heterocycles. The first kappa shape index (κ1) is 9.80. The lowest BCUT2D eigenvalue weighted by molar-refractivity contribution is 1.49. The maximum absolute atomic E-state index is 2.39. The SMILES string of the molecule is CSc1csc2c(C)c(I)ccc12. The van der Waals surface area contributed by atoms with E-state index in [0.717, 1.165) is 0 Å². The quantitative estimate of drug-likeness (QED) is 0.549. The lowest BCUT2D eigenvalue weighted by atomic mass is 10.2. The van der Waals surface area contributed by atoms with Gasteiger partial charge >= 0.3 is 0 Å². The highest BCUT2D eigenvalue weighted by atomic mass is 127. The molecule has 13 heavy (non-hydrogen) atoms. The van der Waals surface area contributed by atoms with Crippen molar-refractivity contribution in [3.63, 3.8) is 0 Å². The molecule has 2 rings (SSSR count). The van der Waals surface area contributed by atoms with E-state index in [1.165, 1.54) is 24.1 Å². The fourth-order valence-electron chi connectivity index (χ4n) is 1.35. The molecular weight excluding hydrogens is 311 g/mol. The largest absolute Gasteiger partial charge is 0.142 e. The van der Waals surface area contributed by atoms with Crippen LogP contribution in [0.15, 0.2) is 22.4 Å². The molecule has 0 unspecified atom stereocenters. The third-order valence-electron chi connectivity index (χ3n) is 2.11. The Bertz CT molecular complexity index is 445. The van der Waals surface area contributed by atoms with E-state index in [-0.39, 0.29) is 0 Å². The highest BCUT2D eigenvalue weighted by Crippen LogP contribution is 2.35. The van der Waals surface area contributed by atoms with Crippen molar-refractivity contribution in [1.29, 1.82) is 0 Å². The van der Waals surface area contributed by atoms with Crippen LogP contribution < -0.4 is 0 Å². The molecule has 0 saturated heterocycles. The number of halogens is 1. The summed E-state index contributed by atoms with van der Waals surface area (Å²) in [6.07, 6.45) is 2.13. The molecule has 68 valence electrons. The summed E-state index contributed by atoms with van der Waals surface area (Å²) in [5.41, 5.74) is 1.42. The molecule has 0 spiro atoms. The van der Waals surface area contributed by atoms with E-state index in [9.17, 15) is 0 Å². The second-order valence-electron chi connectivity index (χ2n) is 2.85. The average Bonchev–Trinajstić information content (AvgIpc) is 2.55. The summed E-state index contributed by atoms with van der Waals surface area (Å²) in [7, 11) is 0. The number of aryl methyl sites for hydroxylation is 1. The molecule has 3 heteroatoms. The third kappa shape index (κ3) is 1.62. The number of thioether (sulfide) groups is 1. The fourth-order valence-corrected chi connectivity index (χ4v) is 3.91. The topological polar surface area (TPSA) is 0 Å². The van der Waals surface area contributed by atoms with Crippen molar-refractivity contribution >= 4 is 55.8 Å². The number of thiophene rings is 1. The summed E-state index contributed by atoms with van der Waals surface area (Å²) in [6.45, 7) is 2.20. The normalized spacial score (nSPS) is 11.0. The van der Waals surface area contributed by atoms with Gasteiger partial charge in [-0.05, 0) is 47.4 Å². The summed E-state index contributed by atoms with van der Waals surface area (Å²) in [6, 6.07) is 4.43. The third-order valence-corrected chi connectivity index (χ3v) is 5.32. The Morgan fingerprint density at radius 1 is 1.38 bits per heavy atom. The predicted molar refractivity (Wildman–Crippen MR) is 71.1 cm³/mol.